The summed E-state index contributed by atoms with van der Waals surface area (Å²) < 4.78 is 7.19. The number of carbonyl (C=O) groups excluding carboxylic acids is 1. The summed E-state index contributed by atoms with van der Waals surface area (Å²) in [6, 6.07) is 7.24. The zero-order valence-corrected chi connectivity index (χ0v) is 14.6. The summed E-state index contributed by atoms with van der Waals surface area (Å²) in [6.07, 6.45) is 1.71. The van der Waals surface area contributed by atoms with Gasteiger partial charge in [0.15, 0.2) is 0 Å². The Morgan fingerprint density at radius 1 is 1.33 bits per heavy atom. The molecule has 1 atom stereocenters. The van der Waals surface area contributed by atoms with E-state index in [2.05, 4.69) is 10.4 Å². The quantitative estimate of drug-likeness (QED) is 0.816. The first-order valence-corrected chi connectivity index (χ1v) is 8.16. The van der Waals surface area contributed by atoms with Crippen LogP contribution < -0.4 is 10.1 Å². The van der Waals surface area contributed by atoms with Gasteiger partial charge in [-0.2, -0.15) is 5.10 Å². The molecule has 0 aliphatic carbocycles. The van der Waals surface area contributed by atoms with Crippen LogP contribution in [0.1, 0.15) is 48.5 Å². The Hall–Kier alpha value is -2.34. The molecular formula is C18H25N3O3. The standard InChI is InChI=1S/C18H25N3O3/c1-5-16-15(11-21(4)20-16)18(23)19-10-17(22)13-6-8-14(9-7-13)24-12(2)3/h6-9,11-12,17,22H,5,10H2,1-4H3,(H,19,23). The Kier molecular flexibility index (Phi) is 5.98. The lowest BCUT2D eigenvalue weighted by atomic mass is 10.1. The molecule has 24 heavy (non-hydrogen) atoms. The average molecular weight is 331 g/mol. The van der Waals surface area contributed by atoms with Crippen molar-refractivity contribution in [1.82, 2.24) is 15.1 Å². The van der Waals surface area contributed by atoms with Crippen LogP contribution in [0.4, 0.5) is 0 Å². The van der Waals surface area contributed by atoms with Gasteiger partial charge in [-0.15, -0.1) is 0 Å². The van der Waals surface area contributed by atoms with E-state index in [-0.39, 0.29) is 18.6 Å². The molecule has 6 nitrogen and oxygen atoms in total. The van der Waals surface area contributed by atoms with Crippen LogP contribution in [0, 0.1) is 0 Å². The molecule has 0 aliphatic rings. The predicted molar refractivity (Wildman–Crippen MR) is 92.1 cm³/mol. The largest absolute Gasteiger partial charge is 0.491 e. The first-order chi connectivity index (χ1) is 11.4. The highest BCUT2D eigenvalue weighted by Gasteiger charge is 2.16. The molecule has 0 radical (unpaired) electrons. The highest BCUT2D eigenvalue weighted by molar-refractivity contribution is 5.95. The maximum atomic E-state index is 12.3. The van der Waals surface area contributed by atoms with Crippen LogP contribution in [0.25, 0.3) is 0 Å². The third-order valence-electron chi connectivity index (χ3n) is 3.58. The van der Waals surface area contributed by atoms with Gasteiger partial charge in [-0.3, -0.25) is 9.48 Å². The van der Waals surface area contributed by atoms with Crippen LogP contribution in [-0.2, 0) is 13.5 Å². The van der Waals surface area contributed by atoms with E-state index in [1.54, 1.807) is 30.1 Å². The molecule has 0 saturated heterocycles. The second-order valence-corrected chi connectivity index (χ2v) is 5.98. The highest BCUT2D eigenvalue weighted by atomic mass is 16.5. The maximum Gasteiger partial charge on any atom is 0.254 e. The minimum Gasteiger partial charge on any atom is -0.491 e. The van der Waals surface area contributed by atoms with Crippen LogP contribution in [0.3, 0.4) is 0 Å². The van der Waals surface area contributed by atoms with Crippen molar-refractivity contribution in [2.75, 3.05) is 6.54 Å². The summed E-state index contributed by atoms with van der Waals surface area (Å²) in [5, 5.41) is 17.3. The van der Waals surface area contributed by atoms with E-state index in [0.29, 0.717) is 12.0 Å². The number of ether oxygens (including phenoxy) is 1. The zero-order chi connectivity index (χ0) is 17.7. The lowest BCUT2D eigenvalue weighted by Gasteiger charge is -2.14. The second kappa shape index (κ2) is 7.97. The molecule has 0 fully saturated rings. The van der Waals surface area contributed by atoms with Gasteiger partial charge in [-0.05, 0) is 38.0 Å². The van der Waals surface area contributed by atoms with Crippen molar-refractivity contribution in [3.05, 3.63) is 47.3 Å². The molecular weight excluding hydrogens is 306 g/mol. The lowest BCUT2D eigenvalue weighted by Crippen LogP contribution is -2.28. The molecule has 0 saturated carbocycles. The summed E-state index contributed by atoms with van der Waals surface area (Å²) in [5.41, 5.74) is 2.03. The highest BCUT2D eigenvalue weighted by Crippen LogP contribution is 2.18. The fourth-order valence-corrected chi connectivity index (χ4v) is 2.43. The van der Waals surface area contributed by atoms with E-state index in [0.717, 1.165) is 17.0 Å². The van der Waals surface area contributed by atoms with Gasteiger partial charge in [0.25, 0.3) is 5.91 Å². The molecule has 130 valence electrons. The third kappa shape index (κ3) is 4.58. The Bertz CT molecular complexity index is 677. The first-order valence-electron chi connectivity index (χ1n) is 8.16. The molecule has 0 bridgehead atoms. The van der Waals surface area contributed by atoms with E-state index in [1.807, 2.05) is 32.9 Å². The van der Waals surface area contributed by atoms with Gasteiger partial charge in [0.2, 0.25) is 0 Å². The number of carbonyl (C=O) groups is 1. The van der Waals surface area contributed by atoms with Gasteiger partial charge in [0.05, 0.1) is 23.5 Å². The van der Waals surface area contributed by atoms with Gasteiger partial charge >= 0.3 is 0 Å². The van der Waals surface area contributed by atoms with Crippen molar-refractivity contribution in [2.24, 2.45) is 7.05 Å². The second-order valence-electron chi connectivity index (χ2n) is 5.98. The number of rotatable bonds is 7. The minimum absolute atomic E-state index is 0.104. The number of aromatic nitrogens is 2. The van der Waals surface area contributed by atoms with E-state index < -0.39 is 6.10 Å². The van der Waals surface area contributed by atoms with Gasteiger partial charge in [-0.1, -0.05) is 19.1 Å². The maximum absolute atomic E-state index is 12.3. The van der Waals surface area contributed by atoms with E-state index in [9.17, 15) is 9.90 Å². The molecule has 2 rings (SSSR count). The number of aliphatic hydroxyl groups excluding tert-OH is 1. The molecule has 2 aromatic rings. The van der Waals surface area contributed by atoms with Crippen LogP contribution in [-0.4, -0.2) is 33.4 Å². The smallest absolute Gasteiger partial charge is 0.254 e. The van der Waals surface area contributed by atoms with Crippen LogP contribution in [0.15, 0.2) is 30.5 Å². The summed E-state index contributed by atoms with van der Waals surface area (Å²) in [7, 11) is 1.78. The van der Waals surface area contributed by atoms with Crippen molar-refractivity contribution in [2.45, 2.75) is 39.4 Å². The number of hydrogen-bond donors (Lipinski definition) is 2. The van der Waals surface area contributed by atoms with Crippen LogP contribution in [0.2, 0.25) is 0 Å². The fraction of sp³-hybridized carbons (Fsp3) is 0.444. The minimum atomic E-state index is -0.774. The molecule has 0 aliphatic heterocycles. The SMILES string of the molecule is CCc1nn(C)cc1C(=O)NCC(O)c1ccc(OC(C)C)cc1. The van der Waals surface area contributed by atoms with Gasteiger partial charge < -0.3 is 15.2 Å². The van der Waals surface area contributed by atoms with Crippen LogP contribution >= 0.6 is 0 Å². The Morgan fingerprint density at radius 2 is 2.00 bits per heavy atom. The number of aryl methyl sites for hydroxylation is 2. The van der Waals surface area contributed by atoms with Crippen molar-refractivity contribution < 1.29 is 14.6 Å². The zero-order valence-electron chi connectivity index (χ0n) is 14.6. The van der Waals surface area contributed by atoms with Crippen molar-refractivity contribution >= 4 is 5.91 Å². The van der Waals surface area contributed by atoms with Crippen molar-refractivity contribution in [3.8, 4) is 5.75 Å². The average Bonchev–Trinajstić information content (AvgIpc) is 2.93. The Labute approximate surface area is 142 Å². The van der Waals surface area contributed by atoms with Gasteiger partial charge in [-0.25, -0.2) is 0 Å². The van der Waals surface area contributed by atoms with E-state index in [1.165, 1.54) is 0 Å². The Morgan fingerprint density at radius 3 is 2.58 bits per heavy atom. The van der Waals surface area contributed by atoms with Crippen LogP contribution in [0.5, 0.6) is 5.75 Å². The van der Waals surface area contributed by atoms with Crippen molar-refractivity contribution in [3.63, 3.8) is 0 Å². The molecule has 1 heterocycles. The number of nitrogens with zero attached hydrogens (tertiary/aromatic N) is 2. The topological polar surface area (TPSA) is 76.4 Å². The molecule has 1 aromatic heterocycles. The molecule has 1 unspecified atom stereocenters. The normalized spacial score (nSPS) is 12.2. The predicted octanol–water partition coefficient (Wildman–Crippen LogP) is 2.23. The number of nitrogens with one attached hydrogen (secondary N) is 1. The van der Waals surface area contributed by atoms with Crippen molar-refractivity contribution in [1.29, 1.82) is 0 Å². The summed E-state index contributed by atoms with van der Waals surface area (Å²) in [5.74, 6) is 0.534. The van der Waals surface area contributed by atoms with E-state index in [4.69, 9.17) is 4.74 Å². The summed E-state index contributed by atoms with van der Waals surface area (Å²) >= 11 is 0. The lowest BCUT2D eigenvalue weighted by molar-refractivity contribution is 0.0915. The summed E-state index contributed by atoms with van der Waals surface area (Å²) in [4.78, 5) is 12.3. The monoisotopic (exact) mass is 331 g/mol. The van der Waals surface area contributed by atoms with Gasteiger partial charge in [0.1, 0.15) is 5.75 Å². The molecule has 2 N–H and O–H groups in total. The van der Waals surface area contributed by atoms with Gasteiger partial charge in [0, 0.05) is 19.8 Å². The molecule has 0 spiro atoms. The number of benzene rings is 1. The molecule has 1 amide bonds. The fourth-order valence-electron chi connectivity index (χ4n) is 2.43. The van der Waals surface area contributed by atoms with E-state index >= 15 is 0 Å². The molecule has 6 heteroatoms. The number of hydrogen-bond acceptors (Lipinski definition) is 4. The first kappa shape index (κ1) is 18.0. The molecule has 1 aromatic carbocycles. The summed E-state index contributed by atoms with van der Waals surface area (Å²) in [6.45, 7) is 6.01. The third-order valence-corrected chi connectivity index (χ3v) is 3.58. The number of aliphatic hydroxyl groups is 1. The number of amides is 1. The Balaban J connectivity index is 1.94.